The number of alkyl halides is 4. The van der Waals surface area contributed by atoms with Crippen molar-refractivity contribution >= 4 is 5.91 Å². The molecule has 2 aromatic heterocycles. The fourth-order valence-corrected chi connectivity index (χ4v) is 4.88. The number of amides is 1. The lowest BCUT2D eigenvalue weighted by molar-refractivity contribution is -0.154. The van der Waals surface area contributed by atoms with Crippen LogP contribution in [0.5, 0.6) is 5.88 Å². The van der Waals surface area contributed by atoms with Gasteiger partial charge in [0.1, 0.15) is 11.4 Å². The van der Waals surface area contributed by atoms with Crippen molar-refractivity contribution in [1.82, 2.24) is 20.2 Å². The van der Waals surface area contributed by atoms with Gasteiger partial charge in [-0.3, -0.25) is 4.79 Å². The molecule has 7 nitrogen and oxygen atoms in total. The van der Waals surface area contributed by atoms with Gasteiger partial charge in [-0.2, -0.15) is 13.2 Å². The Morgan fingerprint density at radius 2 is 2.00 bits per heavy atom. The zero-order valence-corrected chi connectivity index (χ0v) is 20.4. The fraction of sp³-hybridized carbons (Fsp3) is 0.640. The first-order valence-electron chi connectivity index (χ1n) is 12.4. The van der Waals surface area contributed by atoms with Crippen LogP contribution in [-0.2, 0) is 24.1 Å². The van der Waals surface area contributed by atoms with Crippen molar-refractivity contribution < 1.29 is 31.5 Å². The fourth-order valence-electron chi connectivity index (χ4n) is 4.88. The number of carbonyl (C=O) groups excluding carboxylic acids is 1. The molecule has 3 heterocycles. The van der Waals surface area contributed by atoms with E-state index >= 15 is 4.39 Å². The Hall–Kier alpha value is -2.69. The largest absolute Gasteiger partial charge is 0.468 e. The summed E-state index contributed by atoms with van der Waals surface area (Å²) < 4.78 is 62.8. The highest BCUT2D eigenvalue weighted by Gasteiger charge is 2.36. The lowest BCUT2D eigenvalue weighted by Crippen LogP contribution is -2.43. The third kappa shape index (κ3) is 7.65. The van der Waals surface area contributed by atoms with Gasteiger partial charge in [0.05, 0.1) is 12.6 Å². The van der Waals surface area contributed by atoms with Crippen LogP contribution >= 0.6 is 0 Å². The normalized spacial score (nSPS) is 23.1. The van der Waals surface area contributed by atoms with Crippen molar-refractivity contribution in [2.45, 2.75) is 76.2 Å². The molecule has 0 spiro atoms. The standard InChI is InChI=1S/C25H32F4N4O3/c1-17-30-15-20(36-17)14-22(34)31-19-4-8-24(26,9-5-19)10-13-33-11-6-18-2-3-23(32-21(18)7-12-33)35-16-25(27,28)29/h2-3,15,19H,4-14,16H2,1H3,(H,31,34)/t19-,24+. The second kappa shape index (κ2) is 11.1. The Morgan fingerprint density at radius 1 is 1.25 bits per heavy atom. The van der Waals surface area contributed by atoms with Crippen LogP contribution in [0.15, 0.2) is 22.7 Å². The van der Waals surface area contributed by atoms with Crippen molar-refractivity contribution in [3.63, 3.8) is 0 Å². The van der Waals surface area contributed by atoms with Gasteiger partial charge in [-0.1, -0.05) is 6.07 Å². The van der Waals surface area contributed by atoms with Crippen molar-refractivity contribution in [1.29, 1.82) is 0 Å². The molecule has 2 aliphatic rings. The SMILES string of the molecule is Cc1ncc(CC(=O)N[C@H]2CC[C@](F)(CCN3CCc4ccc(OCC(F)(F)F)nc4CC3)CC2)o1. The number of rotatable bonds is 8. The Kier molecular flexibility index (Phi) is 8.17. The summed E-state index contributed by atoms with van der Waals surface area (Å²) in [6.45, 7) is 2.36. The molecule has 198 valence electrons. The summed E-state index contributed by atoms with van der Waals surface area (Å²) in [5, 5.41) is 2.98. The van der Waals surface area contributed by atoms with E-state index in [-0.39, 0.29) is 24.2 Å². The lowest BCUT2D eigenvalue weighted by atomic mass is 9.81. The summed E-state index contributed by atoms with van der Waals surface area (Å²) in [6, 6.07) is 3.20. The minimum absolute atomic E-state index is 0.0259. The van der Waals surface area contributed by atoms with Crippen LogP contribution in [0.2, 0.25) is 0 Å². The molecule has 2 aromatic rings. The van der Waals surface area contributed by atoms with E-state index in [1.165, 1.54) is 6.07 Å². The molecule has 0 aromatic carbocycles. The molecule has 0 saturated heterocycles. The molecule has 0 bridgehead atoms. The summed E-state index contributed by atoms with van der Waals surface area (Å²) in [7, 11) is 0. The van der Waals surface area contributed by atoms with Crippen LogP contribution in [0.1, 0.15) is 55.0 Å². The van der Waals surface area contributed by atoms with Crippen LogP contribution < -0.4 is 10.1 Å². The lowest BCUT2D eigenvalue weighted by Gasteiger charge is -2.35. The monoisotopic (exact) mass is 512 g/mol. The number of fused-ring (bicyclic) bond motifs is 1. The quantitative estimate of drug-likeness (QED) is 0.536. The highest BCUT2D eigenvalue weighted by atomic mass is 19.4. The van der Waals surface area contributed by atoms with Crippen molar-refractivity contribution in [3.8, 4) is 5.88 Å². The topological polar surface area (TPSA) is 80.5 Å². The maximum atomic E-state index is 15.5. The summed E-state index contributed by atoms with van der Waals surface area (Å²) in [5.74, 6) is 0.858. The van der Waals surface area contributed by atoms with Crippen LogP contribution in [0.4, 0.5) is 17.6 Å². The summed E-state index contributed by atoms with van der Waals surface area (Å²) >= 11 is 0. The highest BCUT2D eigenvalue weighted by Crippen LogP contribution is 2.35. The first kappa shape index (κ1) is 26.4. The van der Waals surface area contributed by atoms with E-state index in [2.05, 4.69) is 20.2 Å². The van der Waals surface area contributed by atoms with Gasteiger partial charge in [-0.05, 0) is 44.1 Å². The summed E-state index contributed by atoms with van der Waals surface area (Å²) in [4.78, 5) is 22.7. The van der Waals surface area contributed by atoms with Gasteiger partial charge in [-0.15, -0.1) is 0 Å². The molecule has 1 saturated carbocycles. The number of nitrogens with zero attached hydrogens (tertiary/aromatic N) is 3. The molecule has 1 N–H and O–H groups in total. The van der Waals surface area contributed by atoms with E-state index < -0.39 is 18.5 Å². The average Bonchev–Trinajstić information content (AvgIpc) is 3.11. The van der Waals surface area contributed by atoms with Gasteiger partial charge in [-0.25, -0.2) is 14.4 Å². The molecular formula is C25H32F4N4O3. The number of hydrogen-bond acceptors (Lipinski definition) is 6. The number of nitrogens with one attached hydrogen (secondary N) is 1. The van der Waals surface area contributed by atoms with Crippen molar-refractivity contribution in [2.24, 2.45) is 0 Å². The third-order valence-electron chi connectivity index (χ3n) is 6.92. The Morgan fingerprint density at radius 3 is 2.69 bits per heavy atom. The zero-order valence-electron chi connectivity index (χ0n) is 20.4. The molecular weight excluding hydrogens is 480 g/mol. The van der Waals surface area contributed by atoms with Gasteiger partial charge < -0.3 is 19.4 Å². The summed E-state index contributed by atoms with van der Waals surface area (Å²) in [5.41, 5.74) is 0.465. The number of oxazole rings is 1. The molecule has 0 radical (unpaired) electrons. The predicted molar refractivity (Wildman–Crippen MR) is 123 cm³/mol. The minimum Gasteiger partial charge on any atom is -0.468 e. The van der Waals surface area contributed by atoms with Crippen molar-refractivity contribution in [2.75, 3.05) is 26.2 Å². The van der Waals surface area contributed by atoms with Gasteiger partial charge in [0.15, 0.2) is 12.5 Å². The van der Waals surface area contributed by atoms with E-state index in [9.17, 15) is 18.0 Å². The third-order valence-corrected chi connectivity index (χ3v) is 6.92. The molecule has 1 fully saturated rings. The summed E-state index contributed by atoms with van der Waals surface area (Å²) in [6.07, 6.45) is 0.937. The number of pyridine rings is 1. The van der Waals surface area contributed by atoms with Crippen LogP contribution in [0, 0.1) is 6.92 Å². The number of carbonyl (C=O) groups is 1. The van der Waals surface area contributed by atoms with Crippen LogP contribution in [0.3, 0.4) is 0 Å². The molecule has 0 atom stereocenters. The number of ether oxygens (including phenoxy) is 1. The zero-order chi connectivity index (χ0) is 25.8. The van der Waals surface area contributed by atoms with E-state index in [0.717, 1.165) is 17.8 Å². The highest BCUT2D eigenvalue weighted by molar-refractivity contribution is 5.78. The maximum absolute atomic E-state index is 15.5. The van der Waals surface area contributed by atoms with Gasteiger partial charge >= 0.3 is 6.18 Å². The van der Waals surface area contributed by atoms with Crippen LogP contribution in [0.25, 0.3) is 0 Å². The number of aryl methyl sites for hydroxylation is 1. The Balaban J connectivity index is 1.19. The maximum Gasteiger partial charge on any atom is 0.422 e. The molecule has 36 heavy (non-hydrogen) atoms. The molecule has 11 heteroatoms. The number of halogens is 4. The van der Waals surface area contributed by atoms with E-state index in [0.29, 0.717) is 69.7 Å². The molecule has 1 aliphatic carbocycles. The van der Waals surface area contributed by atoms with Crippen LogP contribution in [-0.4, -0.2) is 64.9 Å². The number of aromatic nitrogens is 2. The first-order valence-corrected chi connectivity index (χ1v) is 12.4. The van der Waals surface area contributed by atoms with Gasteiger partial charge in [0, 0.05) is 50.8 Å². The molecule has 1 amide bonds. The van der Waals surface area contributed by atoms with Gasteiger partial charge in [0.2, 0.25) is 11.8 Å². The Labute approximate surface area is 207 Å². The number of hydrogen-bond donors (Lipinski definition) is 1. The second-order valence-corrected chi connectivity index (χ2v) is 9.77. The molecule has 0 unspecified atom stereocenters. The average molecular weight is 513 g/mol. The predicted octanol–water partition coefficient (Wildman–Crippen LogP) is 4.12. The minimum atomic E-state index is -4.41. The van der Waals surface area contributed by atoms with E-state index in [1.54, 1.807) is 19.2 Å². The van der Waals surface area contributed by atoms with E-state index in [4.69, 9.17) is 9.15 Å². The first-order chi connectivity index (χ1) is 17.1. The van der Waals surface area contributed by atoms with Crippen molar-refractivity contribution in [3.05, 3.63) is 41.2 Å². The van der Waals surface area contributed by atoms with E-state index in [1.807, 2.05) is 0 Å². The Bertz CT molecular complexity index is 1030. The molecule has 4 rings (SSSR count). The molecule has 1 aliphatic heterocycles. The van der Waals surface area contributed by atoms with Gasteiger partial charge in [0.25, 0.3) is 0 Å². The second-order valence-electron chi connectivity index (χ2n) is 9.77. The smallest absolute Gasteiger partial charge is 0.422 e.